The van der Waals surface area contributed by atoms with Crippen molar-refractivity contribution >= 4 is 22.6 Å². The number of aromatic nitrogens is 2. The number of anilines is 1. The first kappa shape index (κ1) is 10.5. The highest BCUT2D eigenvalue weighted by Gasteiger charge is 2.18. The number of nitrogens with two attached hydrogens (primary N) is 1. The molecule has 3 rings (SSSR count). The Bertz CT molecular complexity index is 745. The lowest BCUT2D eigenvalue weighted by atomic mass is 10.1. The van der Waals surface area contributed by atoms with E-state index in [4.69, 9.17) is 10.2 Å². The number of ketones is 1. The minimum Gasteiger partial charge on any atom is -0.453 e. The molecule has 5 nitrogen and oxygen atoms in total. The van der Waals surface area contributed by atoms with E-state index in [1.807, 2.05) is 0 Å². The summed E-state index contributed by atoms with van der Waals surface area (Å²) in [5, 5.41) is 6.66. The summed E-state index contributed by atoms with van der Waals surface area (Å²) >= 11 is 0. The highest BCUT2D eigenvalue weighted by molar-refractivity contribution is 6.11. The second-order valence-corrected chi connectivity index (χ2v) is 3.82. The fourth-order valence-electron chi connectivity index (χ4n) is 1.74. The van der Waals surface area contributed by atoms with Crippen LogP contribution >= 0.6 is 0 Å². The van der Waals surface area contributed by atoms with E-state index in [1.165, 1.54) is 30.5 Å². The molecule has 0 aliphatic carbocycles. The molecule has 3 N–H and O–H groups in total. The van der Waals surface area contributed by atoms with Gasteiger partial charge in [-0.25, -0.2) is 4.39 Å². The van der Waals surface area contributed by atoms with E-state index in [2.05, 4.69) is 10.2 Å². The van der Waals surface area contributed by atoms with Crippen LogP contribution in [0.3, 0.4) is 0 Å². The standard InChI is InChI=1S/C12H8FN3O2/c13-7-1-2-9-6(3-7)4-10(18-9)11(17)8-5-15-16-12(8)14/h1-5H,(H3,14,15,16). The van der Waals surface area contributed by atoms with Crippen molar-refractivity contribution in [2.24, 2.45) is 0 Å². The Morgan fingerprint density at radius 2 is 2.22 bits per heavy atom. The first-order chi connectivity index (χ1) is 8.65. The van der Waals surface area contributed by atoms with Gasteiger partial charge >= 0.3 is 0 Å². The molecule has 18 heavy (non-hydrogen) atoms. The molecule has 2 heterocycles. The SMILES string of the molecule is Nc1[nH]ncc1C(=O)c1cc2cc(F)ccc2o1. The number of aromatic amines is 1. The van der Waals surface area contributed by atoms with Crippen molar-refractivity contribution in [1.82, 2.24) is 10.2 Å². The Kier molecular flexibility index (Phi) is 2.16. The molecular weight excluding hydrogens is 237 g/mol. The smallest absolute Gasteiger partial charge is 0.233 e. The van der Waals surface area contributed by atoms with Crippen molar-refractivity contribution in [2.75, 3.05) is 5.73 Å². The van der Waals surface area contributed by atoms with Gasteiger partial charge in [0.15, 0.2) is 5.76 Å². The summed E-state index contributed by atoms with van der Waals surface area (Å²) in [6.07, 6.45) is 1.32. The van der Waals surface area contributed by atoms with E-state index >= 15 is 0 Å². The summed E-state index contributed by atoms with van der Waals surface area (Å²) in [6, 6.07) is 5.52. The Labute approximate surface area is 100 Å². The third-order valence-corrected chi connectivity index (χ3v) is 2.62. The Morgan fingerprint density at radius 3 is 2.94 bits per heavy atom. The molecule has 0 atom stereocenters. The zero-order chi connectivity index (χ0) is 12.7. The largest absolute Gasteiger partial charge is 0.453 e. The molecule has 3 aromatic rings. The van der Waals surface area contributed by atoms with E-state index in [0.717, 1.165) is 0 Å². The predicted molar refractivity (Wildman–Crippen MR) is 62.6 cm³/mol. The Hall–Kier alpha value is -2.63. The maximum atomic E-state index is 13.0. The topological polar surface area (TPSA) is 84.9 Å². The highest BCUT2D eigenvalue weighted by atomic mass is 19.1. The molecule has 6 heteroatoms. The summed E-state index contributed by atoms with van der Waals surface area (Å²) < 4.78 is 18.4. The van der Waals surface area contributed by atoms with Crippen LogP contribution in [0.15, 0.2) is 34.9 Å². The Balaban J connectivity index is 2.10. The number of fused-ring (bicyclic) bond motifs is 1. The van der Waals surface area contributed by atoms with Gasteiger partial charge in [-0.15, -0.1) is 0 Å². The number of H-pyrrole nitrogens is 1. The van der Waals surface area contributed by atoms with Gasteiger partial charge in [-0.05, 0) is 24.3 Å². The zero-order valence-corrected chi connectivity index (χ0v) is 9.11. The van der Waals surface area contributed by atoms with Gasteiger partial charge in [-0.3, -0.25) is 9.89 Å². The summed E-state index contributed by atoms with van der Waals surface area (Å²) in [5.41, 5.74) is 6.23. The lowest BCUT2D eigenvalue weighted by molar-refractivity contribution is 0.101. The molecule has 1 aromatic carbocycles. The number of hydrogen-bond donors (Lipinski definition) is 2. The monoisotopic (exact) mass is 245 g/mol. The van der Waals surface area contributed by atoms with Crippen LogP contribution in [-0.4, -0.2) is 16.0 Å². The van der Waals surface area contributed by atoms with Crippen molar-refractivity contribution in [3.05, 3.63) is 47.6 Å². The molecule has 2 aromatic heterocycles. The molecule has 0 unspecified atom stereocenters. The third kappa shape index (κ3) is 1.55. The van der Waals surface area contributed by atoms with E-state index in [0.29, 0.717) is 11.0 Å². The fraction of sp³-hybridized carbons (Fsp3) is 0. The van der Waals surface area contributed by atoms with Crippen LogP contribution in [0, 0.1) is 5.82 Å². The molecule has 0 radical (unpaired) electrons. The van der Waals surface area contributed by atoms with Crippen LogP contribution in [0.2, 0.25) is 0 Å². The van der Waals surface area contributed by atoms with Crippen molar-refractivity contribution in [2.45, 2.75) is 0 Å². The maximum Gasteiger partial charge on any atom is 0.233 e. The number of nitrogens with zero attached hydrogens (tertiary/aromatic N) is 1. The average molecular weight is 245 g/mol. The van der Waals surface area contributed by atoms with Crippen LogP contribution in [0.5, 0.6) is 0 Å². The van der Waals surface area contributed by atoms with Crippen LogP contribution in [0.4, 0.5) is 10.2 Å². The molecule has 0 spiro atoms. The molecule has 0 saturated heterocycles. The minimum absolute atomic E-state index is 0.101. The predicted octanol–water partition coefficient (Wildman–Crippen LogP) is 2.11. The molecule has 90 valence electrons. The first-order valence-corrected chi connectivity index (χ1v) is 5.18. The van der Waals surface area contributed by atoms with E-state index < -0.39 is 5.78 Å². The summed E-state index contributed by atoms with van der Waals surface area (Å²) in [7, 11) is 0. The van der Waals surface area contributed by atoms with Crippen LogP contribution < -0.4 is 5.73 Å². The lowest BCUT2D eigenvalue weighted by Crippen LogP contribution is -2.01. The second-order valence-electron chi connectivity index (χ2n) is 3.82. The van der Waals surface area contributed by atoms with Crippen molar-refractivity contribution in [1.29, 1.82) is 0 Å². The number of rotatable bonds is 2. The minimum atomic E-state index is -0.391. The van der Waals surface area contributed by atoms with Gasteiger partial charge in [0, 0.05) is 5.39 Å². The summed E-state index contributed by atoms with van der Waals surface area (Å²) in [4.78, 5) is 12.1. The summed E-state index contributed by atoms with van der Waals surface area (Å²) in [6.45, 7) is 0. The Morgan fingerprint density at radius 1 is 1.39 bits per heavy atom. The van der Waals surface area contributed by atoms with Gasteiger partial charge in [0.05, 0.1) is 11.8 Å². The number of carbonyl (C=O) groups is 1. The molecule has 0 amide bonds. The lowest BCUT2D eigenvalue weighted by Gasteiger charge is -1.93. The number of halogens is 1. The van der Waals surface area contributed by atoms with E-state index in [1.54, 1.807) is 0 Å². The molecule has 0 aliphatic heterocycles. The molecule has 0 saturated carbocycles. The fourth-order valence-corrected chi connectivity index (χ4v) is 1.74. The number of nitrogens with one attached hydrogen (secondary N) is 1. The molecule has 0 bridgehead atoms. The van der Waals surface area contributed by atoms with E-state index in [-0.39, 0.29) is 23.0 Å². The van der Waals surface area contributed by atoms with Gasteiger partial charge < -0.3 is 10.2 Å². The number of carbonyl (C=O) groups excluding carboxylic acids is 1. The van der Waals surface area contributed by atoms with Crippen LogP contribution in [-0.2, 0) is 0 Å². The third-order valence-electron chi connectivity index (χ3n) is 2.62. The number of benzene rings is 1. The van der Waals surface area contributed by atoms with Gasteiger partial charge in [0.2, 0.25) is 5.78 Å². The number of hydrogen-bond acceptors (Lipinski definition) is 4. The van der Waals surface area contributed by atoms with Gasteiger partial charge in [0.25, 0.3) is 0 Å². The van der Waals surface area contributed by atoms with Crippen molar-refractivity contribution < 1.29 is 13.6 Å². The number of furan rings is 1. The van der Waals surface area contributed by atoms with E-state index in [9.17, 15) is 9.18 Å². The highest BCUT2D eigenvalue weighted by Crippen LogP contribution is 2.23. The van der Waals surface area contributed by atoms with Crippen LogP contribution in [0.1, 0.15) is 16.1 Å². The molecule has 0 aliphatic rings. The van der Waals surface area contributed by atoms with Gasteiger partial charge in [-0.1, -0.05) is 0 Å². The van der Waals surface area contributed by atoms with Crippen LogP contribution in [0.25, 0.3) is 11.0 Å². The van der Waals surface area contributed by atoms with Crippen molar-refractivity contribution in [3.63, 3.8) is 0 Å². The first-order valence-electron chi connectivity index (χ1n) is 5.18. The summed E-state index contributed by atoms with van der Waals surface area (Å²) in [5.74, 6) is -0.502. The maximum absolute atomic E-state index is 13.0. The number of nitrogen functional groups attached to an aromatic ring is 1. The van der Waals surface area contributed by atoms with Crippen molar-refractivity contribution in [3.8, 4) is 0 Å². The van der Waals surface area contributed by atoms with Gasteiger partial charge in [-0.2, -0.15) is 5.10 Å². The second kappa shape index (κ2) is 3.69. The quantitative estimate of drug-likeness (QED) is 0.677. The molecular formula is C12H8FN3O2. The van der Waals surface area contributed by atoms with Gasteiger partial charge in [0.1, 0.15) is 17.2 Å². The zero-order valence-electron chi connectivity index (χ0n) is 9.11. The normalized spacial score (nSPS) is 10.9. The molecule has 0 fully saturated rings. The average Bonchev–Trinajstić information content (AvgIpc) is 2.93.